The maximum absolute atomic E-state index is 11.7. The van der Waals surface area contributed by atoms with Crippen LogP contribution in [0, 0.1) is 0 Å². The summed E-state index contributed by atoms with van der Waals surface area (Å²) in [5, 5.41) is 4.33. The molecule has 1 heterocycles. The van der Waals surface area contributed by atoms with Crippen LogP contribution in [-0.2, 0) is 4.74 Å². The first kappa shape index (κ1) is 14.3. The minimum Gasteiger partial charge on any atom is -0.464 e. The van der Waals surface area contributed by atoms with E-state index in [-0.39, 0.29) is 11.9 Å². The van der Waals surface area contributed by atoms with Gasteiger partial charge in [0, 0.05) is 10.9 Å². The zero-order valence-electron chi connectivity index (χ0n) is 11.9. The summed E-state index contributed by atoms with van der Waals surface area (Å²) in [5.74, 6) is -0.0508. The summed E-state index contributed by atoms with van der Waals surface area (Å²) in [4.78, 5) is 17.2. The third kappa shape index (κ3) is 3.47. The Bertz CT molecular complexity index is 437. The number of ether oxygens (including phenoxy) is 1. The van der Waals surface area contributed by atoms with Gasteiger partial charge in [-0.2, -0.15) is 0 Å². The number of methoxy groups -OCH3 is 1. The summed E-state index contributed by atoms with van der Waals surface area (Å²) in [5.41, 5.74) is 0.473. The van der Waals surface area contributed by atoms with Gasteiger partial charge in [-0.3, -0.25) is 0 Å². The highest BCUT2D eigenvalue weighted by Gasteiger charge is 2.22. The SMILES string of the molecule is COC(=O)c1nc(NC2CCCCC2)sc1C(C)C. The van der Waals surface area contributed by atoms with E-state index in [9.17, 15) is 4.79 Å². The van der Waals surface area contributed by atoms with Crippen LogP contribution in [-0.4, -0.2) is 24.1 Å². The summed E-state index contributed by atoms with van der Waals surface area (Å²) in [6.07, 6.45) is 6.29. The second-order valence-electron chi connectivity index (χ2n) is 5.36. The van der Waals surface area contributed by atoms with Crippen LogP contribution in [0.3, 0.4) is 0 Å². The fourth-order valence-electron chi connectivity index (χ4n) is 2.45. The van der Waals surface area contributed by atoms with E-state index in [0.29, 0.717) is 11.7 Å². The normalized spacial score (nSPS) is 16.6. The number of nitrogens with one attached hydrogen (secondary N) is 1. The van der Waals surface area contributed by atoms with Crippen molar-refractivity contribution in [1.29, 1.82) is 0 Å². The van der Waals surface area contributed by atoms with Crippen LogP contribution in [0.2, 0.25) is 0 Å². The number of carbonyl (C=O) groups excluding carboxylic acids is 1. The highest BCUT2D eigenvalue weighted by atomic mass is 32.1. The van der Waals surface area contributed by atoms with Gasteiger partial charge in [0.1, 0.15) is 0 Å². The lowest BCUT2D eigenvalue weighted by molar-refractivity contribution is 0.0593. The molecule has 1 saturated carbocycles. The Labute approximate surface area is 118 Å². The summed E-state index contributed by atoms with van der Waals surface area (Å²) in [7, 11) is 1.40. The number of rotatable bonds is 4. The minimum absolute atomic E-state index is 0.286. The number of esters is 1. The maximum atomic E-state index is 11.7. The summed E-state index contributed by atoms with van der Waals surface area (Å²) >= 11 is 1.58. The number of hydrogen-bond acceptors (Lipinski definition) is 5. The smallest absolute Gasteiger partial charge is 0.357 e. The van der Waals surface area contributed by atoms with E-state index in [1.807, 2.05) is 0 Å². The van der Waals surface area contributed by atoms with Gasteiger partial charge in [0.25, 0.3) is 0 Å². The Balaban J connectivity index is 2.14. The molecule has 1 aromatic rings. The molecule has 1 fully saturated rings. The monoisotopic (exact) mass is 282 g/mol. The van der Waals surface area contributed by atoms with Gasteiger partial charge in [0.15, 0.2) is 10.8 Å². The topological polar surface area (TPSA) is 51.2 Å². The molecule has 0 spiro atoms. The second-order valence-corrected chi connectivity index (χ2v) is 6.39. The molecule has 1 aromatic heterocycles. The fourth-order valence-corrected chi connectivity index (χ4v) is 3.48. The Morgan fingerprint density at radius 1 is 1.37 bits per heavy atom. The van der Waals surface area contributed by atoms with E-state index in [2.05, 4.69) is 24.1 Å². The largest absolute Gasteiger partial charge is 0.464 e. The number of carbonyl (C=O) groups is 1. The quantitative estimate of drug-likeness (QED) is 0.853. The number of nitrogens with zero attached hydrogens (tertiary/aromatic N) is 1. The molecule has 0 saturated heterocycles. The highest BCUT2D eigenvalue weighted by molar-refractivity contribution is 7.16. The molecule has 5 heteroatoms. The molecular formula is C14H22N2O2S. The van der Waals surface area contributed by atoms with E-state index >= 15 is 0 Å². The van der Waals surface area contributed by atoms with Crippen molar-refractivity contribution >= 4 is 22.4 Å². The van der Waals surface area contributed by atoms with Gasteiger partial charge in [0.2, 0.25) is 0 Å². The summed E-state index contributed by atoms with van der Waals surface area (Å²) in [6, 6.07) is 0.505. The molecule has 2 rings (SSSR count). The Morgan fingerprint density at radius 3 is 2.63 bits per heavy atom. The molecule has 0 aromatic carbocycles. The lowest BCUT2D eigenvalue weighted by Gasteiger charge is -2.22. The van der Waals surface area contributed by atoms with E-state index < -0.39 is 0 Å². The van der Waals surface area contributed by atoms with Crippen molar-refractivity contribution in [2.45, 2.75) is 57.9 Å². The highest BCUT2D eigenvalue weighted by Crippen LogP contribution is 2.32. The van der Waals surface area contributed by atoms with Crippen molar-refractivity contribution < 1.29 is 9.53 Å². The van der Waals surface area contributed by atoms with Crippen molar-refractivity contribution in [1.82, 2.24) is 4.98 Å². The molecule has 0 aliphatic heterocycles. The van der Waals surface area contributed by atoms with Gasteiger partial charge in [-0.05, 0) is 18.8 Å². The van der Waals surface area contributed by atoms with E-state index in [4.69, 9.17) is 4.74 Å². The van der Waals surface area contributed by atoms with Crippen LogP contribution in [0.25, 0.3) is 0 Å². The Hall–Kier alpha value is -1.10. The van der Waals surface area contributed by atoms with Gasteiger partial charge in [-0.25, -0.2) is 9.78 Å². The minimum atomic E-state index is -0.336. The van der Waals surface area contributed by atoms with Gasteiger partial charge < -0.3 is 10.1 Å². The molecule has 19 heavy (non-hydrogen) atoms. The molecule has 0 atom stereocenters. The van der Waals surface area contributed by atoms with Crippen molar-refractivity contribution in [3.8, 4) is 0 Å². The maximum Gasteiger partial charge on any atom is 0.357 e. The van der Waals surface area contributed by atoms with E-state index in [1.165, 1.54) is 39.2 Å². The molecule has 1 aliphatic carbocycles. The van der Waals surface area contributed by atoms with Gasteiger partial charge in [0.05, 0.1) is 7.11 Å². The third-order valence-electron chi connectivity index (χ3n) is 3.49. The van der Waals surface area contributed by atoms with Gasteiger partial charge in [-0.15, -0.1) is 11.3 Å². The molecule has 0 bridgehead atoms. The van der Waals surface area contributed by atoms with Crippen molar-refractivity contribution in [3.63, 3.8) is 0 Å². The van der Waals surface area contributed by atoms with Crippen LogP contribution < -0.4 is 5.32 Å². The number of hydrogen-bond donors (Lipinski definition) is 1. The fraction of sp³-hybridized carbons (Fsp3) is 0.714. The average Bonchev–Trinajstić information content (AvgIpc) is 2.83. The van der Waals surface area contributed by atoms with Crippen LogP contribution in [0.1, 0.15) is 67.2 Å². The second kappa shape index (κ2) is 6.37. The number of aromatic nitrogens is 1. The standard InChI is InChI=1S/C14H22N2O2S/c1-9(2)12-11(13(17)18-3)16-14(19-12)15-10-7-5-4-6-8-10/h9-10H,4-8H2,1-3H3,(H,15,16). The molecule has 1 N–H and O–H groups in total. The van der Waals surface area contributed by atoms with Gasteiger partial charge >= 0.3 is 5.97 Å². The first-order valence-corrected chi connectivity index (χ1v) is 7.79. The lowest BCUT2D eigenvalue weighted by atomic mass is 9.96. The molecule has 1 aliphatic rings. The van der Waals surface area contributed by atoms with Crippen molar-refractivity contribution in [2.75, 3.05) is 12.4 Å². The van der Waals surface area contributed by atoms with Crippen LogP contribution in [0.4, 0.5) is 5.13 Å². The summed E-state index contributed by atoms with van der Waals surface area (Å²) in [6.45, 7) is 4.15. The molecular weight excluding hydrogens is 260 g/mol. The zero-order chi connectivity index (χ0) is 13.8. The van der Waals surface area contributed by atoms with E-state index in [1.54, 1.807) is 11.3 Å². The first-order chi connectivity index (χ1) is 9.11. The Morgan fingerprint density at radius 2 is 2.05 bits per heavy atom. The molecule has 0 unspecified atom stereocenters. The molecule has 0 amide bonds. The summed E-state index contributed by atoms with van der Waals surface area (Å²) < 4.78 is 4.81. The zero-order valence-corrected chi connectivity index (χ0v) is 12.7. The average molecular weight is 282 g/mol. The number of anilines is 1. The molecule has 0 radical (unpaired) electrons. The predicted molar refractivity (Wildman–Crippen MR) is 78.0 cm³/mol. The predicted octanol–water partition coefficient (Wildman–Crippen LogP) is 3.80. The molecule has 106 valence electrons. The van der Waals surface area contributed by atoms with Crippen molar-refractivity contribution in [2.24, 2.45) is 0 Å². The third-order valence-corrected chi connectivity index (χ3v) is 4.78. The number of thiazole rings is 1. The van der Waals surface area contributed by atoms with Crippen LogP contribution >= 0.6 is 11.3 Å². The van der Waals surface area contributed by atoms with Crippen LogP contribution in [0.15, 0.2) is 0 Å². The van der Waals surface area contributed by atoms with Crippen LogP contribution in [0.5, 0.6) is 0 Å². The van der Waals surface area contributed by atoms with E-state index in [0.717, 1.165) is 10.0 Å². The first-order valence-electron chi connectivity index (χ1n) is 6.97. The Kier molecular flexibility index (Phi) is 4.80. The molecule has 4 nitrogen and oxygen atoms in total. The van der Waals surface area contributed by atoms with Crippen molar-refractivity contribution in [3.05, 3.63) is 10.6 Å². The lowest BCUT2D eigenvalue weighted by Crippen LogP contribution is -2.22. The van der Waals surface area contributed by atoms with Gasteiger partial charge in [-0.1, -0.05) is 33.1 Å².